The van der Waals surface area contributed by atoms with E-state index in [0.29, 0.717) is 6.04 Å². The van der Waals surface area contributed by atoms with Gasteiger partial charge in [-0.15, -0.1) is 0 Å². The van der Waals surface area contributed by atoms with Crippen LogP contribution in [0.1, 0.15) is 39.3 Å². The van der Waals surface area contributed by atoms with Crippen LogP contribution in [0, 0.1) is 0 Å². The first-order chi connectivity index (χ1) is 9.85. The largest absolute Gasteiger partial charge is 0.355 e. The maximum Gasteiger partial charge on any atom is 0.147 e. The Hall–Kier alpha value is -1.20. The Bertz CT molecular complexity index is 446. The molecule has 1 fully saturated rings. The summed E-state index contributed by atoms with van der Waals surface area (Å²) in [6, 6.07) is 0.571. The number of nitrogens with zero attached hydrogens (tertiary/aromatic N) is 4. The van der Waals surface area contributed by atoms with Gasteiger partial charge in [0.2, 0.25) is 0 Å². The second kappa shape index (κ2) is 6.71. The molecule has 5 heteroatoms. The van der Waals surface area contributed by atoms with E-state index in [0.717, 1.165) is 31.1 Å². The summed E-state index contributed by atoms with van der Waals surface area (Å²) in [6.45, 7) is 9.56. The summed E-state index contributed by atoms with van der Waals surface area (Å²) in [5, 5.41) is 3.46. The van der Waals surface area contributed by atoms with Gasteiger partial charge in [0.25, 0.3) is 0 Å². The molecule has 5 nitrogen and oxygen atoms in total. The van der Waals surface area contributed by atoms with E-state index in [1.807, 2.05) is 12.4 Å². The Balaban J connectivity index is 1.99. The predicted octanol–water partition coefficient (Wildman–Crippen LogP) is 1.90. The molecular formula is C16H29N5. The Morgan fingerprint density at radius 1 is 1.29 bits per heavy atom. The second-order valence-corrected chi connectivity index (χ2v) is 7.12. The zero-order valence-corrected chi connectivity index (χ0v) is 14.1. The molecule has 0 amide bonds. The predicted molar refractivity (Wildman–Crippen MR) is 87.5 cm³/mol. The van der Waals surface area contributed by atoms with Gasteiger partial charge in [0.1, 0.15) is 5.82 Å². The van der Waals surface area contributed by atoms with Crippen molar-refractivity contribution >= 4 is 5.82 Å². The number of anilines is 1. The minimum Gasteiger partial charge on any atom is -0.355 e. The fourth-order valence-electron chi connectivity index (χ4n) is 2.57. The zero-order chi connectivity index (χ0) is 15.5. The molecule has 1 N–H and O–H groups in total. The molecule has 21 heavy (non-hydrogen) atoms. The molecule has 118 valence electrons. The lowest BCUT2D eigenvalue weighted by atomic mass is 10.0. The smallest absolute Gasteiger partial charge is 0.147 e. The molecule has 2 heterocycles. The second-order valence-electron chi connectivity index (χ2n) is 7.12. The summed E-state index contributed by atoms with van der Waals surface area (Å²) < 4.78 is 0. The van der Waals surface area contributed by atoms with Gasteiger partial charge in [-0.3, -0.25) is 4.98 Å². The van der Waals surface area contributed by atoms with Gasteiger partial charge in [0.15, 0.2) is 0 Å². The van der Waals surface area contributed by atoms with Crippen LogP contribution < -0.4 is 10.2 Å². The van der Waals surface area contributed by atoms with Crippen LogP contribution in [-0.4, -0.2) is 53.6 Å². The molecule has 1 aromatic heterocycles. The van der Waals surface area contributed by atoms with Crippen molar-refractivity contribution in [1.82, 2.24) is 20.2 Å². The van der Waals surface area contributed by atoms with E-state index >= 15 is 0 Å². The molecule has 0 spiro atoms. The van der Waals surface area contributed by atoms with E-state index in [9.17, 15) is 0 Å². The van der Waals surface area contributed by atoms with E-state index in [1.54, 1.807) is 0 Å². The summed E-state index contributed by atoms with van der Waals surface area (Å²) in [5.41, 5.74) is 1.10. The van der Waals surface area contributed by atoms with Crippen molar-refractivity contribution in [3.8, 4) is 0 Å². The highest BCUT2D eigenvalue weighted by Crippen LogP contribution is 2.19. The fourth-order valence-corrected chi connectivity index (χ4v) is 2.57. The van der Waals surface area contributed by atoms with Crippen LogP contribution in [0.3, 0.4) is 0 Å². The average molecular weight is 291 g/mol. The summed E-state index contributed by atoms with van der Waals surface area (Å²) in [7, 11) is 4.33. The lowest BCUT2D eigenvalue weighted by molar-refractivity contribution is 0.252. The third-order valence-electron chi connectivity index (χ3n) is 4.07. The van der Waals surface area contributed by atoms with Crippen LogP contribution in [0.25, 0.3) is 0 Å². The molecule has 1 saturated heterocycles. The highest BCUT2D eigenvalue weighted by Gasteiger charge is 2.21. The van der Waals surface area contributed by atoms with Crippen molar-refractivity contribution in [2.24, 2.45) is 0 Å². The van der Waals surface area contributed by atoms with Gasteiger partial charge in [0.05, 0.1) is 11.9 Å². The maximum atomic E-state index is 4.76. The Morgan fingerprint density at radius 3 is 2.57 bits per heavy atom. The summed E-state index contributed by atoms with van der Waals surface area (Å²) >= 11 is 0. The van der Waals surface area contributed by atoms with E-state index in [-0.39, 0.29) is 5.54 Å². The Kier molecular flexibility index (Phi) is 5.17. The molecule has 0 atom stereocenters. The van der Waals surface area contributed by atoms with Crippen molar-refractivity contribution in [2.45, 2.75) is 51.7 Å². The van der Waals surface area contributed by atoms with E-state index in [4.69, 9.17) is 4.98 Å². The van der Waals surface area contributed by atoms with Crippen LogP contribution in [0.5, 0.6) is 0 Å². The third kappa shape index (κ3) is 4.93. The van der Waals surface area contributed by atoms with Crippen LogP contribution >= 0.6 is 0 Å². The molecule has 0 aliphatic carbocycles. The van der Waals surface area contributed by atoms with Crippen molar-refractivity contribution in [3.63, 3.8) is 0 Å². The Labute approximate surface area is 128 Å². The van der Waals surface area contributed by atoms with E-state index < -0.39 is 0 Å². The van der Waals surface area contributed by atoms with Crippen molar-refractivity contribution in [1.29, 1.82) is 0 Å². The molecule has 0 aromatic carbocycles. The lowest BCUT2D eigenvalue weighted by Gasteiger charge is -2.35. The number of piperidine rings is 1. The third-order valence-corrected chi connectivity index (χ3v) is 4.07. The Morgan fingerprint density at radius 2 is 1.95 bits per heavy atom. The number of likely N-dealkylation sites (tertiary alicyclic amines) is 1. The van der Waals surface area contributed by atoms with Crippen LogP contribution in [0.15, 0.2) is 12.4 Å². The molecule has 1 aliphatic heterocycles. The first kappa shape index (κ1) is 16.2. The lowest BCUT2D eigenvalue weighted by Crippen LogP contribution is -2.42. The maximum absolute atomic E-state index is 4.76. The average Bonchev–Trinajstić information content (AvgIpc) is 2.45. The zero-order valence-electron chi connectivity index (χ0n) is 14.1. The first-order valence-electron chi connectivity index (χ1n) is 7.82. The van der Waals surface area contributed by atoms with Gasteiger partial charge in [-0.2, -0.15) is 0 Å². The number of hydrogen-bond donors (Lipinski definition) is 1. The number of hydrogen-bond acceptors (Lipinski definition) is 5. The minimum absolute atomic E-state index is 0.0948. The topological polar surface area (TPSA) is 44.3 Å². The highest BCUT2D eigenvalue weighted by atomic mass is 15.2. The van der Waals surface area contributed by atoms with E-state index in [2.05, 4.69) is 55.0 Å². The molecule has 0 radical (unpaired) electrons. The monoisotopic (exact) mass is 291 g/mol. The van der Waals surface area contributed by atoms with Crippen molar-refractivity contribution in [2.75, 3.05) is 32.1 Å². The van der Waals surface area contributed by atoms with Gasteiger partial charge in [0, 0.05) is 31.4 Å². The molecule has 1 aromatic rings. The van der Waals surface area contributed by atoms with Gasteiger partial charge < -0.3 is 15.1 Å². The molecule has 0 saturated carbocycles. The molecule has 2 rings (SSSR count). The van der Waals surface area contributed by atoms with Crippen LogP contribution in [-0.2, 0) is 6.54 Å². The summed E-state index contributed by atoms with van der Waals surface area (Å²) in [6.07, 6.45) is 6.11. The minimum atomic E-state index is 0.0948. The number of rotatable bonds is 4. The standard InChI is InChI=1S/C16H29N5/c1-16(2,3)18-11-13-10-17-12-15(19-13)21(5)14-6-8-20(4)9-7-14/h10,12,14,18H,6-9,11H2,1-5H3. The normalized spacial score (nSPS) is 18.0. The van der Waals surface area contributed by atoms with E-state index in [1.165, 1.54) is 12.8 Å². The molecule has 0 bridgehead atoms. The van der Waals surface area contributed by atoms with Crippen molar-refractivity contribution < 1.29 is 0 Å². The first-order valence-corrected chi connectivity index (χ1v) is 7.82. The molecule has 1 aliphatic rings. The number of aromatic nitrogens is 2. The SMILES string of the molecule is CN1CCC(N(C)c2cncc(CNC(C)(C)C)n2)CC1. The summed E-state index contributed by atoms with van der Waals surface area (Å²) in [4.78, 5) is 13.8. The van der Waals surface area contributed by atoms with Gasteiger partial charge in [-0.05, 0) is 53.8 Å². The van der Waals surface area contributed by atoms with Crippen LogP contribution in [0.4, 0.5) is 5.82 Å². The molecule has 0 unspecified atom stereocenters. The quantitative estimate of drug-likeness (QED) is 0.918. The fraction of sp³-hybridized carbons (Fsp3) is 0.750. The van der Waals surface area contributed by atoms with Gasteiger partial charge >= 0.3 is 0 Å². The van der Waals surface area contributed by atoms with Crippen LogP contribution in [0.2, 0.25) is 0 Å². The van der Waals surface area contributed by atoms with Gasteiger partial charge in [-0.25, -0.2) is 4.98 Å². The summed E-state index contributed by atoms with van der Waals surface area (Å²) in [5.74, 6) is 0.984. The van der Waals surface area contributed by atoms with Crippen molar-refractivity contribution in [3.05, 3.63) is 18.1 Å². The highest BCUT2D eigenvalue weighted by molar-refractivity contribution is 5.36. The van der Waals surface area contributed by atoms with Gasteiger partial charge in [-0.1, -0.05) is 0 Å². The number of nitrogens with one attached hydrogen (secondary N) is 1. The molecular weight excluding hydrogens is 262 g/mol.